The molecule has 0 unspecified atom stereocenters. The van der Waals surface area contributed by atoms with Gasteiger partial charge in [-0.2, -0.15) is 9.97 Å². The highest BCUT2D eigenvalue weighted by Crippen LogP contribution is 2.18. The molecule has 0 atom stereocenters. The fourth-order valence-corrected chi connectivity index (χ4v) is 2.29. The second-order valence-corrected chi connectivity index (χ2v) is 5.28. The largest absolute Gasteiger partial charge is 0.382 e. The second kappa shape index (κ2) is 6.45. The monoisotopic (exact) mass is 323 g/mol. The van der Waals surface area contributed by atoms with Gasteiger partial charge < -0.3 is 16.0 Å². The van der Waals surface area contributed by atoms with Gasteiger partial charge >= 0.3 is 0 Å². The molecule has 2 aromatic heterocycles. The van der Waals surface area contributed by atoms with Crippen LogP contribution in [0.3, 0.4) is 0 Å². The standard InChI is InChI=1S/C16H17N7O/c1-18-16-21-14(17)13-15(22-16)19-7-11(20-13)8-23(2)12-5-3-10(9-24)4-6-12/h3-7,9H,8H2,1-2H3,(H3,17,18,19,21,22). The summed E-state index contributed by atoms with van der Waals surface area (Å²) in [5.74, 6) is 0.700. The number of carbonyl (C=O) groups is 1. The summed E-state index contributed by atoms with van der Waals surface area (Å²) in [4.78, 5) is 29.9. The SMILES string of the molecule is CNc1nc(N)c2nc(CN(C)c3ccc(C=O)cc3)cnc2n1. The van der Waals surface area contributed by atoms with E-state index < -0.39 is 0 Å². The number of nitrogens with zero attached hydrogens (tertiary/aromatic N) is 5. The van der Waals surface area contributed by atoms with Gasteiger partial charge in [-0.15, -0.1) is 0 Å². The van der Waals surface area contributed by atoms with Gasteiger partial charge in [-0.3, -0.25) is 4.79 Å². The molecule has 0 radical (unpaired) electrons. The van der Waals surface area contributed by atoms with Gasteiger partial charge in [-0.25, -0.2) is 9.97 Å². The quantitative estimate of drug-likeness (QED) is 0.680. The van der Waals surface area contributed by atoms with Crippen LogP contribution < -0.4 is 16.0 Å². The first-order valence-electron chi connectivity index (χ1n) is 7.34. The third-order valence-electron chi connectivity index (χ3n) is 3.58. The van der Waals surface area contributed by atoms with Gasteiger partial charge in [0.15, 0.2) is 17.0 Å². The first-order valence-corrected chi connectivity index (χ1v) is 7.34. The summed E-state index contributed by atoms with van der Waals surface area (Å²) in [6.07, 6.45) is 2.49. The summed E-state index contributed by atoms with van der Waals surface area (Å²) < 4.78 is 0. The summed E-state index contributed by atoms with van der Waals surface area (Å²) >= 11 is 0. The van der Waals surface area contributed by atoms with E-state index in [-0.39, 0.29) is 5.82 Å². The van der Waals surface area contributed by atoms with Crippen LogP contribution in [0.1, 0.15) is 16.1 Å². The predicted octanol–water partition coefficient (Wildman–Crippen LogP) is 1.49. The zero-order valence-corrected chi connectivity index (χ0v) is 13.4. The maximum atomic E-state index is 10.7. The number of hydrogen-bond acceptors (Lipinski definition) is 8. The molecule has 2 heterocycles. The van der Waals surface area contributed by atoms with Crippen LogP contribution in [-0.4, -0.2) is 40.3 Å². The molecule has 0 aliphatic carbocycles. The normalized spacial score (nSPS) is 10.6. The van der Waals surface area contributed by atoms with E-state index in [2.05, 4.69) is 25.3 Å². The molecule has 122 valence electrons. The van der Waals surface area contributed by atoms with Crippen LogP contribution >= 0.6 is 0 Å². The van der Waals surface area contributed by atoms with Gasteiger partial charge in [0.1, 0.15) is 6.29 Å². The first-order chi connectivity index (χ1) is 11.6. The van der Waals surface area contributed by atoms with Gasteiger partial charge in [0.05, 0.1) is 18.4 Å². The van der Waals surface area contributed by atoms with E-state index in [0.29, 0.717) is 29.2 Å². The molecule has 0 amide bonds. The molecule has 24 heavy (non-hydrogen) atoms. The highest BCUT2D eigenvalue weighted by atomic mass is 16.1. The molecule has 8 heteroatoms. The van der Waals surface area contributed by atoms with Crippen molar-refractivity contribution >= 4 is 34.9 Å². The summed E-state index contributed by atoms with van der Waals surface area (Å²) in [5, 5.41) is 2.83. The lowest BCUT2D eigenvalue weighted by Crippen LogP contribution is -2.17. The van der Waals surface area contributed by atoms with Crippen molar-refractivity contribution in [1.29, 1.82) is 0 Å². The molecule has 0 saturated heterocycles. The Labute approximate surface area is 138 Å². The smallest absolute Gasteiger partial charge is 0.226 e. The van der Waals surface area contributed by atoms with Crippen LogP contribution in [0.2, 0.25) is 0 Å². The Balaban J connectivity index is 1.86. The van der Waals surface area contributed by atoms with E-state index in [1.807, 2.05) is 24.1 Å². The van der Waals surface area contributed by atoms with Crippen LogP contribution in [0, 0.1) is 0 Å². The average molecular weight is 323 g/mol. The molecule has 0 saturated carbocycles. The van der Waals surface area contributed by atoms with Crippen molar-refractivity contribution in [3.05, 3.63) is 41.7 Å². The van der Waals surface area contributed by atoms with Crippen LogP contribution in [0.25, 0.3) is 11.2 Å². The number of nitrogens with two attached hydrogens (primary N) is 1. The van der Waals surface area contributed by atoms with Gasteiger partial charge in [0, 0.05) is 25.3 Å². The maximum absolute atomic E-state index is 10.7. The molecule has 3 N–H and O–H groups in total. The summed E-state index contributed by atoms with van der Waals surface area (Å²) in [6.45, 7) is 0.538. The summed E-state index contributed by atoms with van der Waals surface area (Å²) in [5.41, 5.74) is 9.23. The Bertz CT molecular complexity index is 879. The van der Waals surface area contributed by atoms with Crippen LogP contribution in [0.15, 0.2) is 30.5 Å². The molecule has 0 fully saturated rings. The first kappa shape index (κ1) is 15.6. The number of aldehydes is 1. The second-order valence-electron chi connectivity index (χ2n) is 5.28. The lowest BCUT2D eigenvalue weighted by atomic mass is 10.2. The van der Waals surface area contributed by atoms with Gasteiger partial charge in [-0.05, 0) is 24.3 Å². The zero-order valence-electron chi connectivity index (χ0n) is 13.4. The number of anilines is 3. The van der Waals surface area contributed by atoms with Crippen molar-refractivity contribution in [3.8, 4) is 0 Å². The van der Waals surface area contributed by atoms with Crippen molar-refractivity contribution < 1.29 is 4.79 Å². The molecule has 0 aliphatic heterocycles. The van der Waals surface area contributed by atoms with Crippen LogP contribution in [0.4, 0.5) is 17.5 Å². The average Bonchev–Trinajstić information content (AvgIpc) is 2.62. The van der Waals surface area contributed by atoms with E-state index in [1.165, 1.54) is 0 Å². The summed E-state index contributed by atoms with van der Waals surface area (Å²) in [6, 6.07) is 7.32. The number of nitrogens with one attached hydrogen (secondary N) is 1. The topological polar surface area (TPSA) is 110 Å². The minimum Gasteiger partial charge on any atom is -0.382 e. The fraction of sp³-hybridized carbons (Fsp3) is 0.188. The number of aromatic nitrogens is 4. The van der Waals surface area contributed by atoms with Crippen molar-refractivity contribution in [2.24, 2.45) is 0 Å². The van der Waals surface area contributed by atoms with Gasteiger partial charge in [0.2, 0.25) is 5.95 Å². The number of fused-ring (bicyclic) bond motifs is 1. The van der Waals surface area contributed by atoms with Crippen molar-refractivity contribution in [2.75, 3.05) is 30.0 Å². The number of hydrogen-bond donors (Lipinski definition) is 2. The Hall–Kier alpha value is -3.29. The van der Waals surface area contributed by atoms with E-state index in [4.69, 9.17) is 5.73 Å². The maximum Gasteiger partial charge on any atom is 0.226 e. The van der Waals surface area contributed by atoms with Crippen molar-refractivity contribution in [1.82, 2.24) is 19.9 Å². The Morgan fingerprint density at radius 3 is 2.62 bits per heavy atom. The minimum atomic E-state index is 0.289. The third-order valence-corrected chi connectivity index (χ3v) is 3.58. The Morgan fingerprint density at radius 2 is 1.96 bits per heavy atom. The molecular weight excluding hydrogens is 306 g/mol. The van der Waals surface area contributed by atoms with E-state index >= 15 is 0 Å². The van der Waals surface area contributed by atoms with Gasteiger partial charge in [-0.1, -0.05) is 0 Å². The third kappa shape index (κ3) is 3.07. The van der Waals surface area contributed by atoms with Crippen LogP contribution in [-0.2, 0) is 6.54 Å². The fourth-order valence-electron chi connectivity index (χ4n) is 2.29. The highest BCUT2D eigenvalue weighted by molar-refractivity contribution is 5.82. The van der Waals surface area contributed by atoms with Crippen molar-refractivity contribution in [3.63, 3.8) is 0 Å². The Morgan fingerprint density at radius 1 is 1.21 bits per heavy atom. The predicted molar refractivity (Wildman–Crippen MR) is 93.0 cm³/mol. The molecule has 0 aliphatic rings. The molecule has 3 aromatic rings. The lowest BCUT2D eigenvalue weighted by molar-refractivity contribution is 0.112. The minimum absolute atomic E-state index is 0.289. The van der Waals surface area contributed by atoms with E-state index in [1.54, 1.807) is 25.4 Å². The number of benzene rings is 1. The van der Waals surface area contributed by atoms with Crippen LogP contribution in [0.5, 0.6) is 0 Å². The van der Waals surface area contributed by atoms with E-state index in [0.717, 1.165) is 17.7 Å². The molecule has 3 rings (SSSR count). The number of rotatable bonds is 5. The Kier molecular flexibility index (Phi) is 4.19. The molecule has 1 aromatic carbocycles. The summed E-state index contributed by atoms with van der Waals surface area (Å²) in [7, 11) is 3.65. The lowest BCUT2D eigenvalue weighted by Gasteiger charge is -2.19. The number of nitrogen functional groups attached to an aromatic ring is 1. The van der Waals surface area contributed by atoms with Gasteiger partial charge in [0.25, 0.3) is 0 Å². The van der Waals surface area contributed by atoms with Crippen molar-refractivity contribution in [2.45, 2.75) is 6.54 Å². The molecule has 0 spiro atoms. The molecular formula is C16H17N7O. The number of carbonyl (C=O) groups excluding carboxylic acids is 1. The molecule has 8 nitrogen and oxygen atoms in total. The van der Waals surface area contributed by atoms with E-state index in [9.17, 15) is 4.79 Å². The molecule has 0 bridgehead atoms. The zero-order chi connectivity index (χ0) is 17.1. The highest BCUT2D eigenvalue weighted by Gasteiger charge is 2.10.